The van der Waals surface area contributed by atoms with Gasteiger partial charge in [-0.15, -0.1) is 0 Å². The molecule has 31 heavy (non-hydrogen) atoms. The second-order valence-corrected chi connectivity index (χ2v) is 7.45. The highest BCUT2D eigenvalue weighted by Gasteiger charge is 2.40. The number of hydrogen-bond donors (Lipinski definition) is 5. The van der Waals surface area contributed by atoms with Crippen molar-refractivity contribution in [2.24, 2.45) is 5.73 Å². The first-order valence-electron chi connectivity index (χ1n) is 10.0. The minimum atomic E-state index is -1.07. The summed E-state index contributed by atoms with van der Waals surface area (Å²) in [4.78, 5) is 25.1. The Morgan fingerprint density at radius 3 is 2.90 bits per heavy atom. The molecule has 0 bridgehead atoms. The van der Waals surface area contributed by atoms with E-state index in [1.54, 1.807) is 28.8 Å². The van der Waals surface area contributed by atoms with Gasteiger partial charge in [0, 0.05) is 12.1 Å². The lowest BCUT2D eigenvalue weighted by Gasteiger charge is -2.39. The van der Waals surface area contributed by atoms with Crippen molar-refractivity contribution in [3.05, 3.63) is 42.5 Å². The zero-order valence-corrected chi connectivity index (χ0v) is 16.8. The van der Waals surface area contributed by atoms with Gasteiger partial charge in [0.2, 0.25) is 0 Å². The summed E-state index contributed by atoms with van der Waals surface area (Å²) in [5.74, 6) is 0.405. The number of carbonyl (C=O) groups is 1. The predicted molar refractivity (Wildman–Crippen MR) is 112 cm³/mol. The first-order valence-corrected chi connectivity index (χ1v) is 10.0. The lowest BCUT2D eigenvalue weighted by atomic mass is 9.85. The van der Waals surface area contributed by atoms with Crippen molar-refractivity contribution in [1.82, 2.24) is 24.8 Å². The van der Waals surface area contributed by atoms with Crippen LogP contribution in [0.2, 0.25) is 0 Å². The molecule has 2 aromatic heterocycles. The summed E-state index contributed by atoms with van der Waals surface area (Å²) >= 11 is 0. The molecule has 0 aliphatic heterocycles. The standard InChI is InChI=1S/C20H25N7O4/c21-6-7-31-12-3-1-2-11(8-12)20(30)26-13-4-5-14(28)16(17(13)29)27-10-25-15-18(22)23-9-24-19(15)27/h1-3,8-10,13-14,16-17,28-29H,4-7,21H2,(H,26,30)(H2,22,23,24)/t13-,14+,16-,17-/m1/s1. The number of carbonyl (C=O) groups excluding carboxylic acids is 1. The Bertz CT molecular complexity index is 1070. The van der Waals surface area contributed by atoms with Crippen molar-refractivity contribution >= 4 is 22.9 Å². The molecule has 11 heteroatoms. The molecule has 1 aromatic carbocycles. The SMILES string of the molecule is NCCOc1cccc(C(=O)N[C@@H]2CC[C@H](O)[C@@H](n3cnc4c(N)ncnc43)[C@@H]2O)c1. The number of hydrogen-bond acceptors (Lipinski definition) is 9. The average molecular weight is 427 g/mol. The summed E-state index contributed by atoms with van der Waals surface area (Å²) in [6.07, 6.45) is 1.65. The molecular weight excluding hydrogens is 402 g/mol. The number of aliphatic hydroxyl groups excluding tert-OH is 2. The van der Waals surface area contributed by atoms with Crippen LogP contribution in [0.25, 0.3) is 11.2 Å². The van der Waals surface area contributed by atoms with Crippen LogP contribution < -0.4 is 21.5 Å². The quantitative estimate of drug-likeness (QED) is 0.350. The molecule has 2 heterocycles. The molecule has 4 atom stereocenters. The molecule has 1 aliphatic carbocycles. The normalized spacial score (nSPS) is 23.6. The fourth-order valence-electron chi connectivity index (χ4n) is 3.91. The van der Waals surface area contributed by atoms with E-state index in [0.29, 0.717) is 48.5 Å². The molecule has 0 unspecified atom stereocenters. The van der Waals surface area contributed by atoms with Gasteiger partial charge in [-0.3, -0.25) is 4.79 Å². The Morgan fingerprint density at radius 2 is 2.10 bits per heavy atom. The van der Waals surface area contributed by atoms with Crippen LogP contribution in [0, 0.1) is 0 Å². The second-order valence-electron chi connectivity index (χ2n) is 7.45. The molecule has 7 N–H and O–H groups in total. The number of fused-ring (bicyclic) bond motifs is 1. The first kappa shape index (κ1) is 21.0. The van der Waals surface area contributed by atoms with Gasteiger partial charge in [0.25, 0.3) is 5.91 Å². The number of aliphatic hydroxyl groups is 2. The zero-order valence-electron chi connectivity index (χ0n) is 16.8. The summed E-state index contributed by atoms with van der Waals surface area (Å²) in [7, 11) is 0. The molecule has 1 amide bonds. The average Bonchev–Trinajstić information content (AvgIpc) is 3.20. The largest absolute Gasteiger partial charge is 0.492 e. The summed E-state index contributed by atoms with van der Waals surface area (Å²) < 4.78 is 7.05. The topological polar surface area (TPSA) is 174 Å². The van der Waals surface area contributed by atoms with E-state index in [-0.39, 0.29) is 11.7 Å². The van der Waals surface area contributed by atoms with Crippen LogP contribution in [0.3, 0.4) is 0 Å². The van der Waals surface area contributed by atoms with E-state index in [2.05, 4.69) is 20.3 Å². The van der Waals surface area contributed by atoms with Crippen LogP contribution in [-0.4, -0.2) is 67.0 Å². The van der Waals surface area contributed by atoms with Gasteiger partial charge in [0.15, 0.2) is 11.5 Å². The Morgan fingerprint density at radius 1 is 1.26 bits per heavy atom. The fraction of sp³-hybridized carbons (Fsp3) is 0.400. The van der Waals surface area contributed by atoms with Crippen molar-refractivity contribution in [3.63, 3.8) is 0 Å². The molecule has 164 valence electrons. The van der Waals surface area contributed by atoms with Crippen molar-refractivity contribution in [3.8, 4) is 5.75 Å². The molecule has 11 nitrogen and oxygen atoms in total. The number of anilines is 1. The van der Waals surface area contributed by atoms with Crippen LogP contribution in [0.4, 0.5) is 5.82 Å². The molecule has 1 aliphatic rings. The number of nitrogen functional groups attached to an aromatic ring is 1. The Labute approximate surface area is 178 Å². The van der Waals surface area contributed by atoms with Crippen LogP contribution in [0.15, 0.2) is 36.9 Å². The third-order valence-electron chi connectivity index (χ3n) is 5.44. The minimum Gasteiger partial charge on any atom is -0.492 e. The maximum Gasteiger partial charge on any atom is 0.251 e. The molecule has 3 aromatic rings. The van der Waals surface area contributed by atoms with Gasteiger partial charge in [-0.05, 0) is 31.0 Å². The summed E-state index contributed by atoms with van der Waals surface area (Å²) in [6, 6.07) is 5.41. The minimum absolute atomic E-state index is 0.213. The maximum atomic E-state index is 12.8. The highest BCUT2D eigenvalue weighted by molar-refractivity contribution is 5.94. The van der Waals surface area contributed by atoms with Crippen molar-refractivity contribution < 1.29 is 19.7 Å². The van der Waals surface area contributed by atoms with Crippen molar-refractivity contribution in [1.29, 1.82) is 0 Å². The Kier molecular flexibility index (Phi) is 5.98. The monoisotopic (exact) mass is 427 g/mol. The number of nitrogens with one attached hydrogen (secondary N) is 1. The smallest absolute Gasteiger partial charge is 0.251 e. The van der Waals surface area contributed by atoms with Crippen LogP contribution in [0.5, 0.6) is 5.75 Å². The number of benzene rings is 1. The Hall–Kier alpha value is -3.28. The van der Waals surface area contributed by atoms with E-state index in [4.69, 9.17) is 16.2 Å². The van der Waals surface area contributed by atoms with Gasteiger partial charge in [0.1, 0.15) is 24.2 Å². The number of nitrogens with zero attached hydrogens (tertiary/aromatic N) is 4. The molecule has 0 spiro atoms. The number of rotatable bonds is 6. The third kappa shape index (κ3) is 4.15. The van der Waals surface area contributed by atoms with Gasteiger partial charge in [-0.2, -0.15) is 0 Å². The van der Waals surface area contributed by atoms with Crippen LogP contribution in [0.1, 0.15) is 29.2 Å². The van der Waals surface area contributed by atoms with Gasteiger partial charge in [-0.1, -0.05) is 6.07 Å². The van der Waals surface area contributed by atoms with Gasteiger partial charge >= 0.3 is 0 Å². The number of aromatic nitrogens is 4. The van der Waals surface area contributed by atoms with Gasteiger partial charge in [0.05, 0.1) is 30.6 Å². The van der Waals surface area contributed by atoms with Crippen molar-refractivity contribution in [2.75, 3.05) is 18.9 Å². The molecule has 1 saturated carbocycles. The highest BCUT2D eigenvalue weighted by atomic mass is 16.5. The predicted octanol–water partition coefficient (Wildman–Crippen LogP) is -0.399. The third-order valence-corrected chi connectivity index (χ3v) is 5.44. The van der Waals surface area contributed by atoms with Gasteiger partial charge < -0.3 is 36.3 Å². The lowest BCUT2D eigenvalue weighted by Crippen LogP contribution is -2.53. The van der Waals surface area contributed by atoms with E-state index in [1.165, 1.54) is 12.7 Å². The van der Waals surface area contributed by atoms with Crippen LogP contribution >= 0.6 is 0 Å². The Balaban J connectivity index is 1.54. The summed E-state index contributed by atoms with van der Waals surface area (Å²) in [5, 5.41) is 24.5. The van der Waals surface area contributed by atoms with Crippen LogP contribution in [-0.2, 0) is 0 Å². The maximum absolute atomic E-state index is 12.8. The zero-order chi connectivity index (χ0) is 22.0. The van der Waals surface area contributed by atoms with E-state index in [9.17, 15) is 15.0 Å². The van der Waals surface area contributed by atoms with Crippen molar-refractivity contribution in [2.45, 2.75) is 37.1 Å². The molecule has 0 saturated heterocycles. The molecular formula is C20H25N7O4. The van der Waals surface area contributed by atoms with E-state index in [0.717, 1.165) is 0 Å². The van der Waals surface area contributed by atoms with Gasteiger partial charge in [-0.25, -0.2) is 15.0 Å². The van der Waals surface area contributed by atoms with E-state index >= 15 is 0 Å². The molecule has 1 fully saturated rings. The van der Waals surface area contributed by atoms with E-state index < -0.39 is 24.3 Å². The fourth-order valence-corrected chi connectivity index (χ4v) is 3.91. The second kappa shape index (κ2) is 8.84. The van der Waals surface area contributed by atoms with E-state index in [1.807, 2.05) is 0 Å². The highest BCUT2D eigenvalue weighted by Crippen LogP contribution is 2.32. The molecule has 4 rings (SSSR count). The molecule has 0 radical (unpaired) electrons. The number of amides is 1. The number of nitrogens with two attached hydrogens (primary N) is 2. The number of ether oxygens (including phenoxy) is 1. The lowest BCUT2D eigenvalue weighted by molar-refractivity contribution is -0.0323. The summed E-state index contributed by atoms with van der Waals surface area (Å²) in [6.45, 7) is 0.715. The summed E-state index contributed by atoms with van der Waals surface area (Å²) in [5.41, 5.74) is 12.5. The number of imidazole rings is 1. The first-order chi connectivity index (χ1) is 15.0.